The molecule has 0 aliphatic carbocycles. The van der Waals surface area contributed by atoms with Gasteiger partial charge in [-0.1, -0.05) is 0 Å². The van der Waals surface area contributed by atoms with Crippen molar-refractivity contribution in [3.8, 4) is 0 Å². The van der Waals surface area contributed by atoms with Crippen molar-refractivity contribution in [3.63, 3.8) is 0 Å². The van der Waals surface area contributed by atoms with Crippen LogP contribution in [0.15, 0.2) is 10.7 Å². The SMILES string of the molecule is C[C@@H]1CN(Cc2c(Br)cnn2C)CCN1. The van der Waals surface area contributed by atoms with Crippen molar-refractivity contribution in [1.82, 2.24) is 20.0 Å². The first-order chi connectivity index (χ1) is 7.16. The zero-order valence-electron chi connectivity index (χ0n) is 9.20. The van der Waals surface area contributed by atoms with Crippen molar-refractivity contribution in [2.75, 3.05) is 19.6 Å². The Bertz CT molecular complexity index is 317. The molecular weight excluding hydrogens is 256 g/mol. The maximum absolute atomic E-state index is 4.23. The first kappa shape index (κ1) is 11.1. The predicted molar refractivity (Wildman–Crippen MR) is 63.6 cm³/mol. The zero-order valence-corrected chi connectivity index (χ0v) is 10.8. The van der Waals surface area contributed by atoms with Gasteiger partial charge in [-0.15, -0.1) is 0 Å². The van der Waals surface area contributed by atoms with Crippen LogP contribution in [0.25, 0.3) is 0 Å². The Kier molecular flexibility index (Phi) is 3.43. The van der Waals surface area contributed by atoms with E-state index in [1.54, 1.807) is 0 Å². The number of hydrogen-bond donors (Lipinski definition) is 1. The highest BCUT2D eigenvalue weighted by Crippen LogP contribution is 2.17. The molecular formula is C10H17BrN4. The Hall–Kier alpha value is -0.390. The van der Waals surface area contributed by atoms with Gasteiger partial charge in [-0.2, -0.15) is 5.10 Å². The number of piperazine rings is 1. The molecule has 1 atom stereocenters. The van der Waals surface area contributed by atoms with E-state index < -0.39 is 0 Å². The third-order valence-corrected chi connectivity index (χ3v) is 3.50. The van der Waals surface area contributed by atoms with Gasteiger partial charge in [0.1, 0.15) is 0 Å². The van der Waals surface area contributed by atoms with E-state index in [1.165, 1.54) is 5.69 Å². The van der Waals surface area contributed by atoms with E-state index in [-0.39, 0.29) is 0 Å². The predicted octanol–water partition coefficient (Wildman–Crippen LogP) is 0.976. The molecule has 0 bridgehead atoms. The smallest absolute Gasteiger partial charge is 0.0663 e. The number of nitrogens with zero attached hydrogens (tertiary/aromatic N) is 3. The molecule has 0 saturated carbocycles. The number of nitrogens with one attached hydrogen (secondary N) is 1. The molecule has 1 aromatic heterocycles. The number of rotatable bonds is 2. The maximum Gasteiger partial charge on any atom is 0.0663 e. The second-order valence-corrected chi connectivity index (χ2v) is 5.01. The van der Waals surface area contributed by atoms with Crippen LogP contribution in [0.4, 0.5) is 0 Å². The van der Waals surface area contributed by atoms with Gasteiger partial charge in [0.25, 0.3) is 0 Å². The normalized spacial score (nSPS) is 23.3. The summed E-state index contributed by atoms with van der Waals surface area (Å²) in [7, 11) is 1.99. The zero-order chi connectivity index (χ0) is 10.8. The standard InChI is InChI=1S/C10H17BrN4/c1-8-6-15(4-3-12-8)7-10-9(11)5-13-14(10)2/h5,8,12H,3-4,6-7H2,1-2H3/t8-/m1/s1. The Labute approximate surface area is 98.8 Å². The summed E-state index contributed by atoms with van der Waals surface area (Å²) in [5, 5.41) is 7.67. The van der Waals surface area contributed by atoms with Gasteiger partial charge >= 0.3 is 0 Å². The Morgan fingerprint density at radius 2 is 2.47 bits per heavy atom. The van der Waals surface area contributed by atoms with Gasteiger partial charge in [0.15, 0.2) is 0 Å². The molecule has 2 rings (SSSR count). The highest BCUT2D eigenvalue weighted by atomic mass is 79.9. The quantitative estimate of drug-likeness (QED) is 0.872. The molecule has 1 fully saturated rings. The van der Waals surface area contributed by atoms with Crippen LogP contribution in [-0.4, -0.2) is 40.4 Å². The Balaban J connectivity index is 2.02. The van der Waals surface area contributed by atoms with Crippen molar-refractivity contribution >= 4 is 15.9 Å². The molecule has 1 aliphatic heterocycles. The molecule has 1 aliphatic rings. The molecule has 1 saturated heterocycles. The lowest BCUT2D eigenvalue weighted by Crippen LogP contribution is -2.48. The van der Waals surface area contributed by atoms with E-state index in [9.17, 15) is 0 Å². The van der Waals surface area contributed by atoms with Crippen LogP contribution in [0.2, 0.25) is 0 Å². The molecule has 15 heavy (non-hydrogen) atoms. The topological polar surface area (TPSA) is 33.1 Å². The highest BCUT2D eigenvalue weighted by Gasteiger charge is 2.17. The highest BCUT2D eigenvalue weighted by molar-refractivity contribution is 9.10. The van der Waals surface area contributed by atoms with Gasteiger partial charge in [-0.25, -0.2) is 0 Å². The van der Waals surface area contributed by atoms with Gasteiger partial charge in [0.2, 0.25) is 0 Å². The van der Waals surface area contributed by atoms with Gasteiger partial charge in [0, 0.05) is 39.3 Å². The molecule has 1 aromatic rings. The minimum absolute atomic E-state index is 0.589. The van der Waals surface area contributed by atoms with Crippen molar-refractivity contribution in [2.24, 2.45) is 7.05 Å². The van der Waals surface area contributed by atoms with E-state index >= 15 is 0 Å². The molecule has 0 radical (unpaired) electrons. The summed E-state index contributed by atoms with van der Waals surface area (Å²) in [6.45, 7) is 6.50. The summed E-state index contributed by atoms with van der Waals surface area (Å²) in [4.78, 5) is 2.46. The van der Waals surface area contributed by atoms with E-state index in [0.29, 0.717) is 6.04 Å². The molecule has 0 amide bonds. The minimum Gasteiger partial charge on any atom is -0.312 e. The molecule has 0 aromatic carbocycles. The second-order valence-electron chi connectivity index (χ2n) is 4.15. The van der Waals surface area contributed by atoms with Gasteiger partial charge in [-0.3, -0.25) is 9.58 Å². The molecule has 0 spiro atoms. The summed E-state index contributed by atoms with van der Waals surface area (Å²) >= 11 is 3.53. The third-order valence-electron chi connectivity index (χ3n) is 2.84. The van der Waals surface area contributed by atoms with Crippen molar-refractivity contribution in [2.45, 2.75) is 19.5 Å². The Morgan fingerprint density at radius 3 is 3.07 bits per heavy atom. The maximum atomic E-state index is 4.23. The van der Waals surface area contributed by atoms with Crippen LogP contribution < -0.4 is 5.32 Å². The van der Waals surface area contributed by atoms with Gasteiger partial charge in [-0.05, 0) is 22.9 Å². The van der Waals surface area contributed by atoms with Crippen LogP contribution in [0.5, 0.6) is 0 Å². The van der Waals surface area contributed by atoms with Crippen molar-refractivity contribution in [1.29, 1.82) is 0 Å². The summed E-state index contributed by atoms with van der Waals surface area (Å²) in [5.74, 6) is 0. The Morgan fingerprint density at radius 1 is 1.67 bits per heavy atom. The van der Waals surface area contributed by atoms with Crippen LogP contribution in [0.3, 0.4) is 0 Å². The summed E-state index contributed by atoms with van der Waals surface area (Å²) in [5.41, 5.74) is 1.25. The summed E-state index contributed by atoms with van der Waals surface area (Å²) < 4.78 is 3.05. The van der Waals surface area contributed by atoms with Crippen LogP contribution >= 0.6 is 15.9 Å². The van der Waals surface area contributed by atoms with E-state index in [1.807, 2.05) is 17.9 Å². The molecule has 2 heterocycles. The molecule has 5 heteroatoms. The minimum atomic E-state index is 0.589. The molecule has 1 N–H and O–H groups in total. The lowest BCUT2D eigenvalue weighted by atomic mass is 10.2. The van der Waals surface area contributed by atoms with Crippen LogP contribution in [0, 0.1) is 0 Å². The number of halogens is 1. The largest absolute Gasteiger partial charge is 0.312 e. The van der Waals surface area contributed by atoms with Gasteiger partial charge in [0.05, 0.1) is 16.4 Å². The van der Waals surface area contributed by atoms with E-state index in [0.717, 1.165) is 30.7 Å². The number of aromatic nitrogens is 2. The van der Waals surface area contributed by atoms with E-state index in [4.69, 9.17) is 0 Å². The first-order valence-corrected chi connectivity index (χ1v) is 6.08. The molecule has 0 unspecified atom stereocenters. The molecule has 84 valence electrons. The fourth-order valence-electron chi connectivity index (χ4n) is 1.98. The van der Waals surface area contributed by atoms with Crippen molar-refractivity contribution in [3.05, 3.63) is 16.4 Å². The van der Waals surface area contributed by atoms with Crippen LogP contribution in [0.1, 0.15) is 12.6 Å². The average Bonchev–Trinajstić information content (AvgIpc) is 2.50. The third kappa shape index (κ3) is 2.59. The van der Waals surface area contributed by atoms with E-state index in [2.05, 4.69) is 38.2 Å². The average molecular weight is 273 g/mol. The fourth-order valence-corrected chi connectivity index (χ4v) is 2.46. The number of aryl methyl sites for hydroxylation is 1. The summed E-state index contributed by atoms with van der Waals surface area (Å²) in [6.07, 6.45) is 1.86. The first-order valence-electron chi connectivity index (χ1n) is 5.29. The van der Waals surface area contributed by atoms with Crippen LogP contribution in [-0.2, 0) is 13.6 Å². The lowest BCUT2D eigenvalue weighted by molar-refractivity contribution is 0.195. The number of hydrogen-bond acceptors (Lipinski definition) is 3. The van der Waals surface area contributed by atoms with Crippen molar-refractivity contribution < 1.29 is 0 Å². The lowest BCUT2D eigenvalue weighted by Gasteiger charge is -2.31. The fraction of sp³-hybridized carbons (Fsp3) is 0.700. The van der Waals surface area contributed by atoms with Gasteiger partial charge < -0.3 is 5.32 Å². The summed E-state index contributed by atoms with van der Waals surface area (Å²) in [6, 6.07) is 0.589. The second kappa shape index (κ2) is 4.63. The molecule has 4 nitrogen and oxygen atoms in total. The monoisotopic (exact) mass is 272 g/mol.